The van der Waals surface area contributed by atoms with Crippen LogP contribution in [0.4, 0.5) is 5.69 Å². The third kappa shape index (κ3) is 5.45. The molecular formula is C27H20Cl3N5OS. The number of hydrogen-bond donors (Lipinski definition) is 1. The van der Waals surface area contributed by atoms with Crippen LogP contribution >= 0.6 is 46.6 Å². The first-order valence-electron chi connectivity index (χ1n) is 11.4. The summed E-state index contributed by atoms with van der Waals surface area (Å²) < 4.78 is 2.00. The number of hydrogen-bond acceptors (Lipinski definition) is 5. The lowest BCUT2D eigenvalue weighted by Crippen LogP contribution is -2.15. The molecule has 6 nitrogen and oxygen atoms in total. The van der Waals surface area contributed by atoms with Gasteiger partial charge in [0.15, 0.2) is 11.0 Å². The number of anilines is 1. The third-order valence-corrected chi connectivity index (χ3v) is 7.68. The normalized spacial score (nSPS) is 11.1. The molecular weight excluding hydrogens is 549 g/mol. The Hall–Kier alpha value is -3.10. The monoisotopic (exact) mass is 567 g/mol. The van der Waals surface area contributed by atoms with E-state index in [9.17, 15) is 4.79 Å². The van der Waals surface area contributed by atoms with Gasteiger partial charge in [-0.2, -0.15) is 0 Å². The summed E-state index contributed by atoms with van der Waals surface area (Å²) in [7, 11) is 0. The number of thioether (sulfide) groups is 1. The van der Waals surface area contributed by atoms with Crippen LogP contribution in [-0.2, 0) is 11.3 Å². The van der Waals surface area contributed by atoms with Gasteiger partial charge in [-0.25, -0.2) is 4.98 Å². The minimum atomic E-state index is -0.252. The highest BCUT2D eigenvalue weighted by Gasteiger charge is 2.19. The lowest BCUT2D eigenvalue weighted by molar-refractivity contribution is -0.113. The maximum absolute atomic E-state index is 12.7. The number of fused-ring (bicyclic) bond motifs is 1. The molecule has 2 heterocycles. The Morgan fingerprint density at radius 3 is 2.43 bits per heavy atom. The van der Waals surface area contributed by atoms with Gasteiger partial charge >= 0.3 is 0 Å². The van der Waals surface area contributed by atoms with Crippen molar-refractivity contribution in [3.05, 3.63) is 87.9 Å². The Morgan fingerprint density at radius 1 is 0.919 bits per heavy atom. The molecule has 0 atom stereocenters. The zero-order valence-corrected chi connectivity index (χ0v) is 22.7. The van der Waals surface area contributed by atoms with E-state index in [2.05, 4.69) is 15.5 Å². The van der Waals surface area contributed by atoms with Crippen LogP contribution < -0.4 is 5.32 Å². The molecule has 186 valence electrons. The van der Waals surface area contributed by atoms with Gasteiger partial charge in [-0.15, -0.1) is 10.2 Å². The van der Waals surface area contributed by atoms with Gasteiger partial charge in [-0.1, -0.05) is 95.1 Å². The summed E-state index contributed by atoms with van der Waals surface area (Å²) in [6.45, 7) is 2.65. The second-order valence-electron chi connectivity index (χ2n) is 8.07. The molecule has 0 saturated heterocycles. The number of nitrogens with one attached hydrogen (secondary N) is 1. The highest BCUT2D eigenvalue weighted by atomic mass is 35.5. The number of nitrogens with zero attached hydrogens (tertiary/aromatic N) is 4. The molecule has 0 aliphatic heterocycles. The van der Waals surface area contributed by atoms with Crippen LogP contribution in [0.25, 0.3) is 33.5 Å². The van der Waals surface area contributed by atoms with Gasteiger partial charge in [-0.3, -0.25) is 4.79 Å². The SMILES string of the molecule is CCn1c(SCC(=O)Nc2cc(Cl)c(Cl)cc2Cl)nnc1-c1cc(-c2ccccc2)nc2ccccc12. The first-order chi connectivity index (χ1) is 17.9. The molecule has 1 amide bonds. The van der Waals surface area contributed by atoms with E-state index in [1.165, 1.54) is 23.9 Å². The minimum absolute atomic E-state index is 0.112. The predicted octanol–water partition coefficient (Wildman–Crippen LogP) is 7.87. The lowest BCUT2D eigenvalue weighted by Gasteiger charge is -2.12. The summed E-state index contributed by atoms with van der Waals surface area (Å²) in [5.41, 5.74) is 4.07. The maximum atomic E-state index is 12.7. The minimum Gasteiger partial charge on any atom is -0.324 e. The molecule has 10 heteroatoms. The standard InChI is InChI=1S/C27H20Cl3N5OS/c1-2-35-26(18-12-23(16-8-4-3-5-9-16)31-22-11-7-6-10-17(18)22)33-34-27(35)37-15-25(36)32-24-14-20(29)19(28)13-21(24)30/h3-14H,2,15H2,1H3,(H,32,36). The maximum Gasteiger partial charge on any atom is 0.234 e. The fourth-order valence-electron chi connectivity index (χ4n) is 3.93. The van der Waals surface area contributed by atoms with Gasteiger partial charge in [0, 0.05) is 23.1 Å². The fourth-order valence-corrected chi connectivity index (χ4v) is 5.33. The number of benzene rings is 3. The number of amides is 1. The van der Waals surface area contributed by atoms with Crippen molar-refractivity contribution < 1.29 is 4.79 Å². The van der Waals surface area contributed by atoms with E-state index in [1.54, 1.807) is 0 Å². The third-order valence-electron chi connectivity index (χ3n) is 5.68. The fraction of sp³-hybridized carbons (Fsp3) is 0.111. The molecule has 0 fully saturated rings. The van der Waals surface area contributed by atoms with E-state index < -0.39 is 0 Å². The zero-order chi connectivity index (χ0) is 25.9. The Balaban J connectivity index is 1.44. The van der Waals surface area contributed by atoms with Crippen molar-refractivity contribution in [3.63, 3.8) is 0 Å². The second kappa shape index (κ2) is 11.1. The van der Waals surface area contributed by atoms with Crippen LogP contribution in [0.5, 0.6) is 0 Å². The molecule has 3 aromatic carbocycles. The summed E-state index contributed by atoms with van der Waals surface area (Å²) in [4.78, 5) is 17.5. The Kier molecular flexibility index (Phi) is 7.67. The van der Waals surface area contributed by atoms with Crippen molar-refractivity contribution >= 4 is 69.1 Å². The van der Waals surface area contributed by atoms with Crippen LogP contribution in [0.15, 0.2) is 78.0 Å². The Morgan fingerprint density at radius 2 is 1.65 bits per heavy atom. The molecule has 0 saturated carbocycles. The van der Waals surface area contributed by atoms with Gasteiger partial charge in [0.25, 0.3) is 0 Å². The Bertz CT molecular complexity index is 1610. The molecule has 0 bridgehead atoms. The average molecular weight is 569 g/mol. The van der Waals surface area contributed by atoms with Crippen molar-refractivity contribution in [3.8, 4) is 22.6 Å². The van der Waals surface area contributed by atoms with Crippen LogP contribution in [0, 0.1) is 0 Å². The molecule has 2 aromatic heterocycles. The highest BCUT2D eigenvalue weighted by molar-refractivity contribution is 7.99. The number of halogens is 3. The van der Waals surface area contributed by atoms with E-state index in [-0.39, 0.29) is 11.7 Å². The van der Waals surface area contributed by atoms with Crippen molar-refractivity contribution in [2.24, 2.45) is 0 Å². The van der Waals surface area contributed by atoms with Gasteiger partial charge < -0.3 is 9.88 Å². The predicted molar refractivity (Wildman–Crippen MR) is 153 cm³/mol. The number of carbonyl (C=O) groups excluding carboxylic acids is 1. The summed E-state index contributed by atoms with van der Waals surface area (Å²) in [5.74, 6) is 0.577. The van der Waals surface area contributed by atoms with Crippen molar-refractivity contribution in [2.75, 3.05) is 11.1 Å². The molecule has 0 radical (unpaired) electrons. The lowest BCUT2D eigenvalue weighted by atomic mass is 10.0. The molecule has 0 aliphatic carbocycles. The smallest absolute Gasteiger partial charge is 0.234 e. The van der Waals surface area contributed by atoms with Gasteiger partial charge in [-0.05, 0) is 31.2 Å². The molecule has 0 aliphatic rings. The topological polar surface area (TPSA) is 72.7 Å². The van der Waals surface area contributed by atoms with Gasteiger partial charge in [0.1, 0.15) is 0 Å². The van der Waals surface area contributed by atoms with Crippen LogP contribution in [0.3, 0.4) is 0 Å². The zero-order valence-electron chi connectivity index (χ0n) is 19.6. The molecule has 37 heavy (non-hydrogen) atoms. The van der Waals surface area contributed by atoms with Crippen LogP contribution in [0.2, 0.25) is 15.1 Å². The van der Waals surface area contributed by atoms with E-state index in [0.717, 1.165) is 27.7 Å². The summed E-state index contributed by atoms with van der Waals surface area (Å²) in [6.07, 6.45) is 0. The van der Waals surface area contributed by atoms with Crippen LogP contribution in [0.1, 0.15) is 6.92 Å². The largest absolute Gasteiger partial charge is 0.324 e. The molecule has 5 aromatic rings. The number of rotatable bonds is 7. The van der Waals surface area contributed by atoms with Crippen molar-refractivity contribution in [1.29, 1.82) is 0 Å². The van der Waals surface area contributed by atoms with E-state index in [4.69, 9.17) is 39.8 Å². The van der Waals surface area contributed by atoms with Gasteiger partial charge in [0.05, 0.1) is 37.7 Å². The van der Waals surface area contributed by atoms with Gasteiger partial charge in [0.2, 0.25) is 5.91 Å². The number of para-hydroxylation sites is 1. The first-order valence-corrected chi connectivity index (χ1v) is 13.5. The quantitative estimate of drug-likeness (QED) is 0.160. The van der Waals surface area contributed by atoms with Crippen LogP contribution in [-0.4, -0.2) is 31.4 Å². The summed E-state index contributed by atoms with van der Waals surface area (Å²) in [5, 5.41) is 14.3. The van der Waals surface area contributed by atoms with E-state index in [1.807, 2.05) is 72.2 Å². The van der Waals surface area contributed by atoms with E-state index in [0.29, 0.717) is 38.3 Å². The molecule has 0 spiro atoms. The second-order valence-corrected chi connectivity index (χ2v) is 10.2. The Labute approximate surface area is 233 Å². The number of carbonyl (C=O) groups is 1. The average Bonchev–Trinajstić information content (AvgIpc) is 3.33. The highest BCUT2D eigenvalue weighted by Crippen LogP contribution is 2.34. The summed E-state index contributed by atoms with van der Waals surface area (Å²) >= 11 is 19.5. The molecule has 0 unspecified atom stereocenters. The molecule has 5 rings (SSSR count). The summed E-state index contributed by atoms with van der Waals surface area (Å²) in [6, 6.07) is 23.1. The van der Waals surface area contributed by atoms with Crippen molar-refractivity contribution in [2.45, 2.75) is 18.6 Å². The first kappa shape index (κ1) is 25.5. The van der Waals surface area contributed by atoms with E-state index >= 15 is 0 Å². The van der Waals surface area contributed by atoms with Crippen molar-refractivity contribution in [1.82, 2.24) is 19.7 Å². The molecule has 1 N–H and O–H groups in total. The number of pyridine rings is 1. The number of aromatic nitrogens is 4.